The Bertz CT molecular complexity index is 141. The van der Waals surface area contributed by atoms with Gasteiger partial charge >= 0.3 is 8.56 Å². The van der Waals surface area contributed by atoms with Gasteiger partial charge < -0.3 is 8.23 Å². The Labute approximate surface area is 95.1 Å². The second kappa shape index (κ2) is 6.95. The summed E-state index contributed by atoms with van der Waals surface area (Å²) in [5, 5.41) is 0. The molecule has 2 nitrogen and oxygen atoms in total. The monoisotopic (exact) mass is 254 g/mol. The molecule has 0 aliphatic carbocycles. The normalized spacial score (nSPS) is 12.0. The van der Waals surface area contributed by atoms with Gasteiger partial charge in [0, 0.05) is 0 Å². The van der Waals surface area contributed by atoms with Gasteiger partial charge in [0.2, 0.25) is 0 Å². The lowest BCUT2D eigenvalue weighted by atomic mass is 11.8. The van der Waals surface area contributed by atoms with Gasteiger partial charge in [-0.05, 0) is 45.8 Å². The standard InChI is InChI=1S/C7H22O2Si3.2CH4/c1-10(2)8-12(6,7)9-11(3,4)5;;/h10H,1-7H3;2*1H4. The molecule has 14 heavy (non-hydrogen) atoms. The third kappa shape index (κ3) is 12.6. The molecule has 0 unspecified atom stereocenters. The Morgan fingerprint density at radius 3 is 1.43 bits per heavy atom. The van der Waals surface area contributed by atoms with E-state index in [4.69, 9.17) is 8.23 Å². The predicted octanol–water partition coefficient (Wildman–Crippen LogP) is 3.81. The minimum absolute atomic E-state index is 0. The van der Waals surface area contributed by atoms with Gasteiger partial charge in [-0.15, -0.1) is 0 Å². The van der Waals surface area contributed by atoms with Crippen molar-refractivity contribution in [3.05, 3.63) is 0 Å². The third-order valence-electron chi connectivity index (χ3n) is 1.07. The number of rotatable bonds is 4. The molecule has 0 bridgehead atoms. The average molecular weight is 255 g/mol. The predicted molar refractivity (Wildman–Crippen MR) is 75.3 cm³/mol. The first-order valence-corrected chi connectivity index (χ1v) is 13.5. The van der Waals surface area contributed by atoms with Gasteiger partial charge in [-0.3, -0.25) is 0 Å². The van der Waals surface area contributed by atoms with E-state index in [2.05, 4.69) is 45.8 Å². The van der Waals surface area contributed by atoms with Crippen LogP contribution in [0.2, 0.25) is 45.8 Å². The summed E-state index contributed by atoms with van der Waals surface area (Å²) >= 11 is 0. The summed E-state index contributed by atoms with van der Waals surface area (Å²) in [6, 6.07) is 0. The molecule has 0 aliphatic rings. The Morgan fingerprint density at radius 2 is 1.21 bits per heavy atom. The summed E-state index contributed by atoms with van der Waals surface area (Å²) in [5.74, 6) is 0. The highest BCUT2D eigenvalue weighted by atomic mass is 28.5. The van der Waals surface area contributed by atoms with Gasteiger partial charge in [-0.1, -0.05) is 14.9 Å². The molecule has 0 radical (unpaired) electrons. The molecular weight excluding hydrogens is 224 g/mol. The Hall–Kier alpha value is 0.571. The first-order chi connectivity index (χ1) is 5.12. The molecule has 0 heterocycles. The van der Waals surface area contributed by atoms with E-state index in [9.17, 15) is 0 Å². The van der Waals surface area contributed by atoms with Gasteiger partial charge in [0.1, 0.15) is 0 Å². The van der Waals surface area contributed by atoms with Crippen LogP contribution in [-0.2, 0) is 8.23 Å². The van der Waals surface area contributed by atoms with E-state index in [0.29, 0.717) is 0 Å². The summed E-state index contributed by atoms with van der Waals surface area (Å²) in [6.07, 6.45) is 0. The SMILES string of the molecule is C.C.C[SiH](C)O[Si](C)(C)O[Si](C)(C)C. The lowest BCUT2D eigenvalue weighted by molar-refractivity contribution is 0.405. The molecule has 0 amide bonds. The van der Waals surface area contributed by atoms with Crippen molar-refractivity contribution in [1.82, 2.24) is 0 Å². The molecule has 5 heteroatoms. The fraction of sp³-hybridized carbons (Fsp3) is 1.00. The van der Waals surface area contributed by atoms with Crippen molar-refractivity contribution in [2.75, 3.05) is 0 Å². The highest BCUT2D eigenvalue weighted by Gasteiger charge is 2.31. The zero-order valence-electron chi connectivity index (χ0n) is 9.39. The molecule has 0 spiro atoms. The van der Waals surface area contributed by atoms with Crippen molar-refractivity contribution >= 4 is 25.9 Å². The first kappa shape index (κ1) is 20.0. The minimum Gasteiger partial charge on any atom is -0.440 e. The zero-order chi connectivity index (χ0) is 9.99. The highest BCUT2D eigenvalue weighted by molar-refractivity contribution is 6.83. The molecule has 0 saturated heterocycles. The molecule has 0 rings (SSSR count). The second-order valence-electron chi connectivity index (χ2n) is 4.78. The summed E-state index contributed by atoms with van der Waals surface area (Å²) in [6.45, 7) is 15.3. The van der Waals surface area contributed by atoms with Crippen molar-refractivity contribution in [1.29, 1.82) is 0 Å². The van der Waals surface area contributed by atoms with Gasteiger partial charge in [-0.2, -0.15) is 0 Å². The van der Waals surface area contributed by atoms with E-state index >= 15 is 0 Å². The molecule has 0 aliphatic heterocycles. The minimum atomic E-state index is -1.78. The van der Waals surface area contributed by atoms with Crippen LogP contribution in [0.25, 0.3) is 0 Å². The van der Waals surface area contributed by atoms with Gasteiger partial charge in [0.05, 0.1) is 0 Å². The van der Waals surface area contributed by atoms with E-state index in [0.717, 1.165) is 0 Å². The van der Waals surface area contributed by atoms with Crippen LogP contribution in [0, 0.1) is 0 Å². The molecule has 90 valence electrons. The van der Waals surface area contributed by atoms with E-state index in [1.54, 1.807) is 0 Å². The first-order valence-electron chi connectivity index (χ1n) is 4.50. The van der Waals surface area contributed by atoms with Crippen LogP contribution in [0.1, 0.15) is 14.9 Å². The maximum absolute atomic E-state index is 6.03. The topological polar surface area (TPSA) is 18.5 Å². The molecule has 0 N–H and O–H groups in total. The van der Waals surface area contributed by atoms with Gasteiger partial charge in [0.25, 0.3) is 0 Å². The summed E-state index contributed by atoms with van der Waals surface area (Å²) in [4.78, 5) is 0. The van der Waals surface area contributed by atoms with Gasteiger partial charge in [0.15, 0.2) is 17.4 Å². The lowest BCUT2D eigenvalue weighted by Gasteiger charge is -2.32. The van der Waals surface area contributed by atoms with Crippen LogP contribution < -0.4 is 0 Å². The van der Waals surface area contributed by atoms with Crippen molar-refractivity contribution in [3.8, 4) is 0 Å². The second-order valence-corrected chi connectivity index (χ2v) is 15.7. The van der Waals surface area contributed by atoms with Crippen LogP contribution in [0.15, 0.2) is 0 Å². The molecule has 0 aromatic heterocycles. The van der Waals surface area contributed by atoms with Crippen molar-refractivity contribution in [2.45, 2.75) is 60.7 Å². The van der Waals surface area contributed by atoms with E-state index in [1.165, 1.54) is 0 Å². The van der Waals surface area contributed by atoms with Crippen LogP contribution in [-0.4, -0.2) is 25.9 Å². The summed E-state index contributed by atoms with van der Waals surface area (Å²) < 4.78 is 11.9. The van der Waals surface area contributed by atoms with Crippen molar-refractivity contribution < 1.29 is 8.23 Å². The Balaban J connectivity index is -0.000000605. The van der Waals surface area contributed by atoms with Crippen LogP contribution >= 0.6 is 0 Å². The largest absolute Gasteiger partial charge is 0.440 e. The molecular formula is C9H30O2Si3. The molecule has 0 saturated carbocycles. The lowest BCUT2D eigenvalue weighted by Crippen LogP contribution is -2.46. The summed E-state index contributed by atoms with van der Waals surface area (Å²) in [5.41, 5.74) is 0. The van der Waals surface area contributed by atoms with Crippen molar-refractivity contribution in [3.63, 3.8) is 0 Å². The van der Waals surface area contributed by atoms with Crippen LogP contribution in [0.4, 0.5) is 0 Å². The Morgan fingerprint density at radius 1 is 0.857 bits per heavy atom. The van der Waals surface area contributed by atoms with E-state index in [-0.39, 0.29) is 14.9 Å². The van der Waals surface area contributed by atoms with Gasteiger partial charge in [-0.25, -0.2) is 0 Å². The average Bonchev–Trinajstić information content (AvgIpc) is 1.48. The summed E-state index contributed by atoms with van der Waals surface area (Å²) in [7, 11) is -4.10. The highest BCUT2D eigenvalue weighted by Crippen LogP contribution is 2.15. The van der Waals surface area contributed by atoms with E-state index in [1.807, 2.05) is 0 Å². The zero-order valence-corrected chi connectivity index (χ0v) is 12.5. The maximum Gasteiger partial charge on any atom is 0.310 e. The fourth-order valence-corrected chi connectivity index (χ4v) is 12.4. The van der Waals surface area contributed by atoms with Crippen molar-refractivity contribution in [2.24, 2.45) is 0 Å². The number of hydrogen-bond donors (Lipinski definition) is 0. The number of hydrogen-bond acceptors (Lipinski definition) is 2. The van der Waals surface area contributed by atoms with Crippen LogP contribution in [0.5, 0.6) is 0 Å². The Kier molecular flexibility index (Phi) is 9.94. The molecule has 0 aromatic carbocycles. The van der Waals surface area contributed by atoms with E-state index < -0.39 is 25.9 Å². The quantitative estimate of drug-likeness (QED) is 0.710. The fourth-order valence-electron chi connectivity index (χ4n) is 1.33. The molecule has 0 aromatic rings. The molecule has 0 atom stereocenters. The maximum atomic E-state index is 6.03. The van der Waals surface area contributed by atoms with Crippen LogP contribution in [0.3, 0.4) is 0 Å². The third-order valence-corrected chi connectivity index (χ3v) is 9.64. The smallest absolute Gasteiger partial charge is 0.310 e. The molecule has 0 fully saturated rings.